The molecule has 5 heteroatoms. The second kappa shape index (κ2) is 4.33. The summed E-state index contributed by atoms with van der Waals surface area (Å²) in [4.78, 5) is 6.80. The van der Waals surface area contributed by atoms with Crippen LogP contribution >= 0.6 is 0 Å². The summed E-state index contributed by atoms with van der Waals surface area (Å²) < 4.78 is 1.80. The summed E-state index contributed by atoms with van der Waals surface area (Å²) >= 11 is 0. The molecule has 0 saturated carbocycles. The Balaban J connectivity index is 1.75. The van der Waals surface area contributed by atoms with Crippen LogP contribution in [0, 0.1) is 0 Å². The largest absolute Gasteiger partial charge is 0.349 e. The fraction of sp³-hybridized carbons (Fsp3) is 0.500. The maximum atomic E-state index is 4.45. The van der Waals surface area contributed by atoms with Crippen LogP contribution in [0.3, 0.4) is 0 Å². The van der Waals surface area contributed by atoms with Crippen molar-refractivity contribution >= 4 is 11.6 Å². The maximum Gasteiger partial charge on any atom is 0.243 e. The standard InChI is InChI=1S/C12H17N5/c1-16-7-4-5-10(9-16)13-12-14-11-6-2-3-8-17(11)15-12/h2-3,6,8,10H,4-5,7,9H2,1H3,(H,13,15). The monoisotopic (exact) mass is 231 g/mol. The summed E-state index contributed by atoms with van der Waals surface area (Å²) in [5, 5.41) is 7.82. The summed E-state index contributed by atoms with van der Waals surface area (Å²) in [6, 6.07) is 6.36. The van der Waals surface area contributed by atoms with E-state index in [1.165, 1.54) is 19.4 Å². The number of nitrogens with one attached hydrogen (secondary N) is 1. The number of pyridine rings is 1. The highest BCUT2D eigenvalue weighted by Gasteiger charge is 2.18. The molecular formula is C12H17N5. The lowest BCUT2D eigenvalue weighted by Gasteiger charge is -2.29. The van der Waals surface area contributed by atoms with Crippen LogP contribution in [0.5, 0.6) is 0 Å². The van der Waals surface area contributed by atoms with Gasteiger partial charge in [-0.05, 0) is 38.6 Å². The van der Waals surface area contributed by atoms with Crippen LogP contribution in [-0.2, 0) is 0 Å². The zero-order chi connectivity index (χ0) is 11.7. The lowest BCUT2D eigenvalue weighted by Crippen LogP contribution is -2.39. The third-order valence-electron chi connectivity index (χ3n) is 3.20. The maximum absolute atomic E-state index is 4.45. The SMILES string of the molecule is CN1CCCC(Nc2nc3ccccn3n2)C1. The van der Waals surface area contributed by atoms with Gasteiger partial charge in [-0.15, -0.1) is 5.10 Å². The van der Waals surface area contributed by atoms with E-state index in [4.69, 9.17) is 0 Å². The molecular weight excluding hydrogens is 214 g/mol. The van der Waals surface area contributed by atoms with Crippen molar-refractivity contribution in [1.82, 2.24) is 19.5 Å². The van der Waals surface area contributed by atoms with E-state index in [-0.39, 0.29) is 0 Å². The fourth-order valence-electron chi connectivity index (χ4n) is 2.36. The molecule has 0 radical (unpaired) electrons. The molecule has 0 aliphatic carbocycles. The Morgan fingerprint density at radius 1 is 1.41 bits per heavy atom. The second-order valence-electron chi connectivity index (χ2n) is 4.68. The lowest BCUT2D eigenvalue weighted by atomic mass is 10.1. The first-order valence-corrected chi connectivity index (χ1v) is 6.08. The Labute approximate surface area is 100 Å². The molecule has 0 aromatic carbocycles. The normalized spacial score (nSPS) is 21.8. The molecule has 1 atom stereocenters. The van der Waals surface area contributed by atoms with Gasteiger partial charge in [0.2, 0.25) is 5.95 Å². The quantitative estimate of drug-likeness (QED) is 0.844. The molecule has 0 spiro atoms. The van der Waals surface area contributed by atoms with Crippen LogP contribution in [0.2, 0.25) is 0 Å². The van der Waals surface area contributed by atoms with Gasteiger partial charge >= 0.3 is 0 Å². The molecule has 0 bridgehead atoms. The van der Waals surface area contributed by atoms with E-state index < -0.39 is 0 Å². The van der Waals surface area contributed by atoms with Crippen molar-refractivity contribution in [3.8, 4) is 0 Å². The van der Waals surface area contributed by atoms with Gasteiger partial charge in [0.1, 0.15) is 0 Å². The summed E-state index contributed by atoms with van der Waals surface area (Å²) in [5.41, 5.74) is 0.888. The van der Waals surface area contributed by atoms with Gasteiger partial charge in [-0.25, -0.2) is 4.52 Å². The predicted octanol–water partition coefficient (Wildman–Crippen LogP) is 1.24. The van der Waals surface area contributed by atoms with Gasteiger partial charge in [-0.2, -0.15) is 4.98 Å². The van der Waals surface area contributed by atoms with Crippen LogP contribution < -0.4 is 5.32 Å². The molecule has 3 rings (SSSR count). The number of nitrogens with zero attached hydrogens (tertiary/aromatic N) is 4. The fourth-order valence-corrected chi connectivity index (χ4v) is 2.36. The van der Waals surface area contributed by atoms with Crippen molar-refractivity contribution in [2.75, 3.05) is 25.5 Å². The molecule has 1 fully saturated rings. The van der Waals surface area contributed by atoms with Crippen molar-refractivity contribution in [3.05, 3.63) is 24.4 Å². The predicted molar refractivity (Wildman–Crippen MR) is 67.1 cm³/mol. The van der Waals surface area contributed by atoms with Gasteiger partial charge in [-0.3, -0.25) is 0 Å². The lowest BCUT2D eigenvalue weighted by molar-refractivity contribution is 0.260. The number of aromatic nitrogens is 3. The Kier molecular flexibility index (Phi) is 2.68. The molecule has 1 unspecified atom stereocenters. The van der Waals surface area contributed by atoms with E-state index in [0.717, 1.165) is 18.1 Å². The van der Waals surface area contributed by atoms with Crippen LogP contribution in [-0.4, -0.2) is 45.7 Å². The Bertz CT molecular complexity index is 473. The molecule has 17 heavy (non-hydrogen) atoms. The van der Waals surface area contributed by atoms with Crippen molar-refractivity contribution in [2.24, 2.45) is 0 Å². The highest BCUT2D eigenvalue weighted by molar-refractivity contribution is 5.43. The zero-order valence-corrected chi connectivity index (χ0v) is 10.0. The van der Waals surface area contributed by atoms with Crippen molar-refractivity contribution in [2.45, 2.75) is 18.9 Å². The summed E-state index contributed by atoms with van der Waals surface area (Å²) in [6.07, 6.45) is 4.35. The number of piperidine rings is 1. The average molecular weight is 231 g/mol. The van der Waals surface area contributed by atoms with E-state index in [2.05, 4.69) is 27.3 Å². The molecule has 1 aliphatic rings. The second-order valence-corrected chi connectivity index (χ2v) is 4.68. The molecule has 0 amide bonds. The van der Waals surface area contributed by atoms with E-state index in [9.17, 15) is 0 Å². The number of anilines is 1. The van der Waals surface area contributed by atoms with Crippen molar-refractivity contribution in [3.63, 3.8) is 0 Å². The van der Waals surface area contributed by atoms with Crippen LogP contribution in [0.4, 0.5) is 5.95 Å². The number of hydrogen-bond acceptors (Lipinski definition) is 4. The number of fused-ring (bicyclic) bond motifs is 1. The van der Waals surface area contributed by atoms with E-state index >= 15 is 0 Å². The molecule has 1 saturated heterocycles. The molecule has 5 nitrogen and oxygen atoms in total. The van der Waals surface area contributed by atoms with Gasteiger partial charge < -0.3 is 10.2 Å². The zero-order valence-electron chi connectivity index (χ0n) is 10.0. The molecule has 1 N–H and O–H groups in total. The third kappa shape index (κ3) is 2.24. The van der Waals surface area contributed by atoms with Crippen LogP contribution in [0.25, 0.3) is 5.65 Å². The molecule has 1 aliphatic heterocycles. The van der Waals surface area contributed by atoms with E-state index in [1.54, 1.807) is 4.52 Å². The van der Waals surface area contributed by atoms with Gasteiger partial charge in [0, 0.05) is 18.8 Å². The Hall–Kier alpha value is -1.62. The summed E-state index contributed by atoms with van der Waals surface area (Å²) in [6.45, 7) is 2.26. The first-order valence-electron chi connectivity index (χ1n) is 6.08. The van der Waals surface area contributed by atoms with Crippen molar-refractivity contribution in [1.29, 1.82) is 0 Å². The minimum Gasteiger partial charge on any atom is -0.349 e. The topological polar surface area (TPSA) is 45.5 Å². The molecule has 3 heterocycles. The van der Waals surface area contributed by atoms with Gasteiger partial charge in [0.05, 0.1) is 0 Å². The molecule has 2 aromatic rings. The van der Waals surface area contributed by atoms with E-state index in [0.29, 0.717) is 6.04 Å². The van der Waals surface area contributed by atoms with Gasteiger partial charge in [0.15, 0.2) is 5.65 Å². The highest BCUT2D eigenvalue weighted by atomic mass is 15.4. The minimum atomic E-state index is 0.464. The first-order chi connectivity index (χ1) is 8.31. The van der Waals surface area contributed by atoms with Crippen LogP contribution in [0.15, 0.2) is 24.4 Å². The van der Waals surface area contributed by atoms with Crippen LogP contribution in [0.1, 0.15) is 12.8 Å². The van der Waals surface area contributed by atoms with E-state index in [1.807, 2.05) is 24.4 Å². The molecule has 2 aromatic heterocycles. The highest BCUT2D eigenvalue weighted by Crippen LogP contribution is 2.13. The minimum absolute atomic E-state index is 0.464. The number of likely N-dealkylation sites (tertiary alicyclic amines) is 1. The smallest absolute Gasteiger partial charge is 0.243 e. The molecule has 90 valence electrons. The first kappa shape index (κ1) is 10.5. The Morgan fingerprint density at radius 3 is 3.18 bits per heavy atom. The summed E-state index contributed by atoms with van der Waals surface area (Å²) in [5.74, 6) is 0.733. The summed E-state index contributed by atoms with van der Waals surface area (Å²) in [7, 11) is 2.16. The number of likely N-dealkylation sites (N-methyl/N-ethyl adjacent to an activating group) is 1. The number of rotatable bonds is 2. The van der Waals surface area contributed by atoms with Gasteiger partial charge in [-0.1, -0.05) is 6.07 Å². The van der Waals surface area contributed by atoms with Crippen molar-refractivity contribution < 1.29 is 0 Å². The number of hydrogen-bond donors (Lipinski definition) is 1. The third-order valence-corrected chi connectivity index (χ3v) is 3.20. The Morgan fingerprint density at radius 2 is 2.35 bits per heavy atom. The average Bonchev–Trinajstić information content (AvgIpc) is 2.71. The van der Waals surface area contributed by atoms with Gasteiger partial charge in [0.25, 0.3) is 0 Å².